The molecule has 1 aromatic carbocycles. The largest absolute Gasteiger partial charge is 0.325 e. The second-order valence-corrected chi connectivity index (χ2v) is 5.13. The van der Waals surface area contributed by atoms with E-state index >= 15 is 0 Å². The molecule has 7 heteroatoms. The van der Waals surface area contributed by atoms with Gasteiger partial charge in [-0.3, -0.25) is 0 Å². The zero-order chi connectivity index (χ0) is 13.2. The molecule has 0 saturated heterocycles. The maximum absolute atomic E-state index is 5.74. The molecule has 3 aromatic rings. The molecule has 6 nitrogen and oxygen atoms in total. The predicted molar refractivity (Wildman–Crippen MR) is 72.9 cm³/mol. The van der Waals surface area contributed by atoms with Crippen molar-refractivity contribution in [3.05, 3.63) is 41.0 Å². The SMILES string of the molecule is Cc1nnc(-n2nnc(CN)c2-c2ccccc2)s1. The lowest BCUT2D eigenvalue weighted by Gasteiger charge is -2.04. The van der Waals surface area contributed by atoms with E-state index in [1.165, 1.54) is 11.3 Å². The van der Waals surface area contributed by atoms with Gasteiger partial charge >= 0.3 is 0 Å². The number of benzene rings is 1. The molecule has 0 atom stereocenters. The highest BCUT2D eigenvalue weighted by Gasteiger charge is 2.17. The van der Waals surface area contributed by atoms with Crippen molar-refractivity contribution in [2.75, 3.05) is 0 Å². The third-order valence-corrected chi connectivity index (χ3v) is 3.49. The van der Waals surface area contributed by atoms with E-state index in [1.807, 2.05) is 37.3 Å². The van der Waals surface area contributed by atoms with E-state index in [2.05, 4.69) is 20.5 Å². The summed E-state index contributed by atoms with van der Waals surface area (Å²) in [6.07, 6.45) is 0. The number of nitrogens with zero attached hydrogens (tertiary/aromatic N) is 5. The van der Waals surface area contributed by atoms with E-state index in [9.17, 15) is 0 Å². The fourth-order valence-corrected chi connectivity index (χ4v) is 2.48. The second-order valence-electron chi connectivity index (χ2n) is 3.97. The van der Waals surface area contributed by atoms with Crippen molar-refractivity contribution in [1.82, 2.24) is 25.2 Å². The Morgan fingerprint density at radius 1 is 1.16 bits per heavy atom. The summed E-state index contributed by atoms with van der Waals surface area (Å²) in [6, 6.07) is 9.91. The third-order valence-electron chi connectivity index (χ3n) is 2.68. The van der Waals surface area contributed by atoms with Crippen LogP contribution in [0.4, 0.5) is 0 Å². The van der Waals surface area contributed by atoms with Crippen LogP contribution in [0.2, 0.25) is 0 Å². The zero-order valence-electron chi connectivity index (χ0n) is 10.3. The highest BCUT2D eigenvalue weighted by atomic mass is 32.1. The smallest absolute Gasteiger partial charge is 0.234 e. The highest BCUT2D eigenvalue weighted by molar-refractivity contribution is 7.13. The lowest BCUT2D eigenvalue weighted by atomic mass is 10.1. The van der Waals surface area contributed by atoms with Gasteiger partial charge in [0.1, 0.15) is 16.4 Å². The Labute approximate surface area is 113 Å². The molecule has 2 N–H and O–H groups in total. The Bertz CT molecular complexity index is 687. The Morgan fingerprint density at radius 3 is 2.58 bits per heavy atom. The van der Waals surface area contributed by atoms with Crippen LogP contribution in [0, 0.1) is 6.92 Å². The Balaban J connectivity index is 2.19. The topological polar surface area (TPSA) is 82.5 Å². The van der Waals surface area contributed by atoms with Gasteiger partial charge in [-0.25, -0.2) is 0 Å². The van der Waals surface area contributed by atoms with Gasteiger partial charge < -0.3 is 5.73 Å². The standard InChI is InChI=1S/C12H12N6S/c1-8-14-16-12(19-8)18-11(10(7-13)15-17-18)9-5-3-2-4-6-9/h2-6H,7,13H2,1H3. The van der Waals surface area contributed by atoms with Gasteiger partial charge in [0.2, 0.25) is 5.13 Å². The van der Waals surface area contributed by atoms with Gasteiger partial charge in [-0.15, -0.1) is 15.3 Å². The molecule has 96 valence electrons. The van der Waals surface area contributed by atoms with Crippen molar-refractivity contribution in [2.24, 2.45) is 5.73 Å². The summed E-state index contributed by atoms with van der Waals surface area (Å²) in [5, 5.41) is 18.0. The number of hydrogen-bond acceptors (Lipinski definition) is 6. The number of aromatic nitrogens is 5. The van der Waals surface area contributed by atoms with Crippen molar-refractivity contribution in [1.29, 1.82) is 0 Å². The molecule has 0 aliphatic heterocycles. The molecule has 0 radical (unpaired) electrons. The molecule has 0 spiro atoms. The Kier molecular flexibility index (Phi) is 3.06. The first kappa shape index (κ1) is 11.9. The van der Waals surface area contributed by atoms with Crippen molar-refractivity contribution in [2.45, 2.75) is 13.5 Å². The molecular formula is C12H12N6S. The number of nitrogens with two attached hydrogens (primary N) is 1. The summed E-state index contributed by atoms with van der Waals surface area (Å²) in [5.41, 5.74) is 8.37. The van der Waals surface area contributed by atoms with Crippen LogP contribution in [-0.2, 0) is 6.54 Å². The van der Waals surface area contributed by atoms with Crippen LogP contribution in [0.25, 0.3) is 16.4 Å². The molecule has 3 rings (SSSR count). The van der Waals surface area contributed by atoms with E-state index in [-0.39, 0.29) is 0 Å². The summed E-state index contributed by atoms with van der Waals surface area (Å²) in [6.45, 7) is 2.24. The first-order valence-electron chi connectivity index (χ1n) is 5.80. The number of rotatable bonds is 3. The second kappa shape index (κ2) is 4.87. The van der Waals surface area contributed by atoms with Crippen LogP contribution in [0.3, 0.4) is 0 Å². The molecule has 2 heterocycles. The van der Waals surface area contributed by atoms with Crippen molar-refractivity contribution in [3.8, 4) is 16.4 Å². The number of aryl methyl sites for hydroxylation is 1. The summed E-state index contributed by atoms with van der Waals surface area (Å²) >= 11 is 1.47. The van der Waals surface area contributed by atoms with Crippen LogP contribution in [-0.4, -0.2) is 25.2 Å². The minimum atomic E-state index is 0.335. The molecule has 19 heavy (non-hydrogen) atoms. The first-order chi connectivity index (χ1) is 9.29. The monoisotopic (exact) mass is 272 g/mol. The van der Waals surface area contributed by atoms with Gasteiger partial charge in [-0.1, -0.05) is 46.9 Å². The van der Waals surface area contributed by atoms with Crippen LogP contribution in [0.1, 0.15) is 10.7 Å². The molecule has 0 aliphatic carbocycles. The maximum Gasteiger partial charge on any atom is 0.234 e. The average Bonchev–Trinajstić information content (AvgIpc) is 3.05. The maximum atomic E-state index is 5.74. The van der Waals surface area contributed by atoms with Crippen molar-refractivity contribution < 1.29 is 0 Å². The fourth-order valence-electron chi connectivity index (χ4n) is 1.84. The van der Waals surface area contributed by atoms with Gasteiger partial charge in [0.25, 0.3) is 0 Å². The van der Waals surface area contributed by atoms with E-state index in [0.29, 0.717) is 11.7 Å². The Hall–Kier alpha value is -2.12. The van der Waals surface area contributed by atoms with Crippen LogP contribution < -0.4 is 5.73 Å². The lowest BCUT2D eigenvalue weighted by molar-refractivity contribution is 0.782. The molecule has 0 amide bonds. The quantitative estimate of drug-likeness (QED) is 0.782. The van der Waals surface area contributed by atoms with Gasteiger partial charge in [0.15, 0.2) is 0 Å². The van der Waals surface area contributed by atoms with E-state index in [1.54, 1.807) is 4.68 Å². The third kappa shape index (κ3) is 2.13. The van der Waals surface area contributed by atoms with Crippen LogP contribution in [0.15, 0.2) is 30.3 Å². The van der Waals surface area contributed by atoms with Gasteiger partial charge in [-0.05, 0) is 6.92 Å². The summed E-state index contributed by atoms with van der Waals surface area (Å²) in [4.78, 5) is 0. The van der Waals surface area contributed by atoms with Crippen LogP contribution >= 0.6 is 11.3 Å². The first-order valence-corrected chi connectivity index (χ1v) is 6.62. The highest BCUT2D eigenvalue weighted by Crippen LogP contribution is 2.25. The minimum absolute atomic E-state index is 0.335. The molecule has 0 fully saturated rings. The van der Waals surface area contributed by atoms with Crippen molar-refractivity contribution >= 4 is 11.3 Å². The average molecular weight is 272 g/mol. The minimum Gasteiger partial charge on any atom is -0.325 e. The number of hydrogen-bond donors (Lipinski definition) is 1. The van der Waals surface area contributed by atoms with E-state index < -0.39 is 0 Å². The Morgan fingerprint density at radius 2 is 1.95 bits per heavy atom. The van der Waals surface area contributed by atoms with Crippen LogP contribution in [0.5, 0.6) is 0 Å². The zero-order valence-corrected chi connectivity index (χ0v) is 11.1. The molecule has 0 unspecified atom stereocenters. The molecular weight excluding hydrogens is 260 g/mol. The van der Waals surface area contributed by atoms with Gasteiger partial charge in [-0.2, -0.15) is 4.68 Å². The molecule has 2 aromatic heterocycles. The normalized spacial score (nSPS) is 10.8. The molecule has 0 bridgehead atoms. The van der Waals surface area contributed by atoms with E-state index in [4.69, 9.17) is 5.73 Å². The van der Waals surface area contributed by atoms with Gasteiger partial charge in [0.05, 0.1) is 0 Å². The van der Waals surface area contributed by atoms with Crippen molar-refractivity contribution in [3.63, 3.8) is 0 Å². The predicted octanol–water partition coefficient (Wildman–Crippen LogP) is 1.55. The summed E-state index contributed by atoms with van der Waals surface area (Å²) in [7, 11) is 0. The fraction of sp³-hybridized carbons (Fsp3) is 0.167. The van der Waals surface area contributed by atoms with E-state index in [0.717, 1.165) is 22.0 Å². The summed E-state index contributed by atoms with van der Waals surface area (Å²) in [5.74, 6) is 0. The molecule has 0 saturated carbocycles. The van der Waals surface area contributed by atoms with Gasteiger partial charge in [0, 0.05) is 12.1 Å². The summed E-state index contributed by atoms with van der Waals surface area (Å²) < 4.78 is 1.70. The lowest BCUT2D eigenvalue weighted by Crippen LogP contribution is -2.02. The molecule has 0 aliphatic rings.